The van der Waals surface area contributed by atoms with E-state index in [-0.39, 0.29) is 0 Å². The minimum Gasteiger partial charge on any atom is -0.295 e. The van der Waals surface area contributed by atoms with E-state index in [0.717, 1.165) is 0 Å². The summed E-state index contributed by atoms with van der Waals surface area (Å²) in [6.45, 7) is 1.97. The summed E-state index contributed by atoms with van der Waals surface area (Å²) in [7, 11) is -2.28. The fourth-order valence-corrected chi connectivity index (χ4v) is 2.27. The third-order valence-corrected chi connectivity index (χ3v) is 2.74. The zero-order valence-electron chi connectivity index (χ0n) is 4.74. The van der Waals surface area contributed by atoms with Gasteiger partial charge in [0, 0.05) is 11.2 Å². The van der Waals surface area contributed by atoms with Crippen molar-refractivity contribution in [2.45, 2.75) is 6.92 Å². The largest absolute Gasteiger partial charge is 0.295 e. The highest BCUT2D eigenvalue weighted by atomic mass is 32.3. The van der Waals surface area contributed by atoms with Gasteiger partial charge in [-0.3, -0.25) is 9.11 Å². The van der Waals surface area contributed by atoms with Crippen LogP contribution in [0.5, 0.6) is 0 Å². The lowest BCUT2D eigenvalue weighted by Gasteiger charge is -2.23. The number of rotatable bonds is 0. The molecule has 1 unspecified atom stereocenters. The van der Waals surface area contributed by atoms with Crippen LogP contribution in [0.3, 0.4) is 0 Å². The zero-order chi connectivity index (χ0) is 6.20. The first-order valence-corrected chi connectivity index (χ1v) is 4.32. The monoisotopic (exact) mass is 134 g/mol. The van der Waals surface area contributed by atoms with Crippen molar-refractivity contribution in [1.82, 2.24) is 0 Å². The Morgan fingerprint density at radius 3 is 2.38 bits per heavy atom. The van der Waals surface area contributed by atoms with E-state index in [1.807, 2.05) is 13.0 Å². The Morgan fingerprint density at radius 1 is 1.62 bits per heavy atom. The van der Waals surface area contributed by atoms with E-state index in [4.69, 9.17) is 9.11 Å². The summed E-state index contributed by atoms with van der Waals surface area (Å²) in [5.41, 5.74) is 0. The SMILES string of the molecule is CC1C=CS(O)(O)C1. The minimum atomic E-state index is -2.28. The molecule has 0 aliphatic carbocycles. The summed E-state index contributed by atoms with van der Waals surface area (Å²) in [4.78, 5) is 0. The normalized spacial score (nSPS) is 37.6. The van der Waals surface area contributed by atoms with Gasteiger partial charge in [0.25, 0.3) is 0 Å². The number of hydrogen-bond donors (Lipinski definition) is 2. The quantitative estimate of drug-likeness (QED) is 0.531. The van der Waals surface area contributed by atoms with Crippen molar-refractivity contribution < 1.29 is 9.11 Å². The lowest BCUT2D eigenvalue weighted by Crippen LogP contribution is -1.98. The standard InChI is InChI=1S/C5H10O2S/c1-5-2-3-8(6,7)4-5/h2-3,5-7H,4H2,1H3. The second-order valence-corrected chi connectivity index (χ2v) is 4.23. The molecule has 0 aromatic rings. The number of allylic oxidation sites excluding steroid dienone is 1. The minimum absolute atomic E-state index is 0.347. The lowest BCUT2D eigenvalue weighted by molar-refractivity contribution is 0.497. The molecule has 0 fully saturated rings. The molecule has 1 heterocycles. The van der Waals surface area contributed by atoms with Gasteiger partial charge in [0.15, 0.2) is 0 Å². The molecule has 0 spiro atoms. The number of hydrogen-bond acceptors (Lipinski definition) is 2. The average Bonchev–Trinajstić information content (AvgIpc) is 1.82. The van der Waals surface area contributed by atoms with Gasteiger partial charge in [0.1, 0.15) is 0 Å². The van der Waals surface area contributed by atoms with Crippen LogP contribution in [0.1, 0.15) is 6.92 Å². The molecule has 1 atom stereocenters. The molecular formula is C5H10O2S. The van der Waals surface area contributed by atoms with Crippen LogP contribution in [0.25, 0.3) is 0 Å². The Balaban J connectivity index is 2.58. The third kappa shape index (κ3) is 1.24. The first-order valence-electron chi connectivity index (χ1n) is 2.54. The molecule has 1 aliphatic rings. The van der Waals surface area contributed by atoms with Crippen LogP contribution in [0.2, 0.25) is 0 Å². The van der Waals surface area contributed by atoms with E-state index in [2.05, 4.69) is 0 Å². The van der Waals surface area contributed by atoms with Gasteiger partial charge in [-0.25, -0.2) is 0 Å². The van der Waals surface area contributed by atoms with E-state index in [9.17, 15) is 0 Å². The Labute approximate surface area is 50.6 Å². The van der Waals surface area contributed by atoms with Crippen LogP contribution in [0.15, 0.2) is 11.5 Å². The van der Waals surface area contributed by atoms with Crippen LogP contribution in [0, 0.1) is 5.92 Å². The first kappa shape index (κ1) is 6.13. The van der Waals surface area contributed by atoms with Crippen molar-refractivity contribution in [2.75, 3.05) is 5.75 Å². The Hall–Kier alpha value is 0.01000. The van der Waals surface area contributed by atoms with Gasteiger partial charge in [0.05, 0.1) is 0 Å². The van der Waals surface area contributed by atoms with Gasteiger partial charge in [-0.15, -0.1) is 0 Å². The molecule has 0 amide bonds. The second-order valence-electron chi connectivity index (χ2n) is 2.19. The average molecular weight is 134 g/mol. The third-order valence-electron chi connectivity index (χ3n) is 1.13. The first-order chi connectivity index (χ1) is 3.60. The topological polar surface area (TPSA) is 40.5 Å². The van der Waals surface area contributed by atoms with Gasteiger partial charge >= 0.3 is 0 Å². The highest BCUT2D eigenvalue weighted by molar-refractivity contribution is 8.27. The molecule has 0 radical (unpaired) electrons. The van der Waals surface area contributed by atoms with E-state index in [1.54, 1.807) is 0 Å². The van der Waals surface area contributed by atoms with Gasteiger partial charge in [0.2, 0.25) is 0 Å². The molecule has 0 aromatic heterocycles. The Bertz CT molecular complexity index is 120. The summed E-state index contributed by atoms with van der Waals surface area (Å²) >= 11 is 0. The smallest absolute Gasteiger partial charge is 0.0478 e. The predicted molar refractivity (Wildman–Crippen MR) is 36.0 cm³/mol. The maximum absolute atomic E-state index is 8.92. The van der Waals surface area contributed by atoms with Gasteiger partial charge in [-0.05, 0) is 5.92 Å². The highest BCUT2D eigenvalue weighted by Gasteiger charge is 2.17. The zero-order valence-corrected chi connectivity index (χ0v) is 5.56. The predicted octanol–water partition coefficient (Wildman–Crippen LogP) is 1.90. The van der Waals surface area contributed by atoms with E-state index < -0.39 is 10.6 Å². The Kier molecular flexibility index (Phi) is 1.35. The Morgan fingerprint density at radius 2 is 2.25 bits per heavy atom. The van der Waals surface area contributed by atoms with Crippen molar-refractivity contribution in [3.05, 3.63) is 11.5 Å². The van der Waals surface area contributed by atoms with Crippen molar-refractivity contribution in [1.29, 1.82) is 0 Å². The summed E-state index contributed by atoms with van der Waals surface area (Å²) in [6.07, 6.45) is 1.84. The van der Waals surface area contributed by atoms with Crippen molar-refractivity contribution in [3.63, 3.8) is 0 Å². The second kappa shape index (κ2) is 1.76. The highest BCUT2D eigenvalue weighted by Crippen LogP contribution is 2.46. The molecule has 48 valence electrons. The van der Waals surface area contributed by atoms with Crippen LogP contribution >= 0.6 is 10.6 Å². The molecule has 0 bridgehead atoms. The molecule has 2 N–H and O–H groups in total. The molecule has 1 aliphatic heterocycles. The summed E-state index contributed by atoms with van der Waals surface area (Å²) in [5, 5.41) is 1.51. The molecule has 8 heavy (non-hydrogen) atoms. The molecule has 2 nitrogen and oxygen atoms in total. The summed E-state index contributed by atoms with van der Waals surface area (Å²) < 4.78 is 17.8. The molecule has 0 saturated carbocycles. The van der Waals surface area contributed by atoms with E-state index in [0.29, 0.717) is 11.7 Å². The van der Waals surface area contributed by atoms with Crippen molar-refractivity contribution in [2.24, 2.45) is 5.92 Å². The van der Waals surface area contributed by atoms with Crippen LogP contribution in [-0.2, 0) is 0 Å². The van der Waals surface area contributed by atoms with Crippen molar-refractivity contribution in [3.8, 4) is 0 Å². The fraction of sp³-hybridized carbons (Fsp3) is 0.600. The van der Waals surface area contributed by atoms with Crippen LogP contribution in [0.4, 0.5) is 0 Å². The maximum atomic E-state index is 8.92. The van der Waals surface area contributed by atoms with Crippen molar-refractivity contribution >= 4 is 10.6 Å². The van der Waals surface area contributed by atoms with E-state index >= 15 is 0 Å². The van der Waals surface area contributed by atoms with Crippen LogP contribution < -0.4 is 0 Å². The van der Waals surface area contributed by atoms with Gasteiger partial charge in [-0.1, -0.05) is 13.0 Å². The molecule has 3 heteroatoms. The molecule has 1 rings (SSSR count). The summed E-state index contributed by atoms with van der Waals surface area (Å²) in [5.74, 6) is 0.868. The molecule has 0 aromatic carbocycles. The van der Waals surface area contributed by atoms with Crippen LogP contribution in [-0.4, -0.2) is 14.9 Å². The summed E-state index contributed by atoms with van der Waals surface area (Å²) in [6, 6.07) is 0. The lowest BCUT2D eigenvalue weighted by atomic mass is 10.2. The van der Waals surface area contributed by atoms with Gasteiger partial charge < -0.3 is 0 Å². The van der Waals surface area contributed by atoms with E-state index in [1.165, 1.54) is 5.41 Å². The maximum Gasteiger partial charge on any atom is 0.0478 e. The van der Waals surface area contributed by atoms with Gasteiger partial charge in [-0.2, -0.15) is 10.6 Å². The fourth-order valence-electron chi connectivity index (χ4n) is 0.758. The molecular weight excluding hydrogens is 124 g/mol. The molecule has 0 saturated heterocycles.